The van der Waals surface area contributed by atoms with Gasteiger partial charge in [-0.3, -0.25) is 9.59 Å². The van der Waals surface area contributed by atoms with Crippen LogP contribution in [0.3, 0.4) is 0 Å². The van der Waals surface area contributed by atoms with Gasteiger partial charge in [0.1, 0.15) is 10.8 Å². The molecule has 0 bridgehead atoms. The van der Waals surface area contributed by atoms with Gasteiger partial charge in [0.2, 0.25) is 0 Å². The van der Waals surface area contributed by atoms with Gasteiger partial charge in [0.05, 0.1) is 18.3 Å². The zero-order valence-electron chi connectivity index (χ0n) is 18.4. The fourth-order valence-corrected chi connectivity index (χ4v) is 4.00. The third-order valence-electron chi connectivity index (χ3n) is 5.41. The molecular weight excluding hydrogens is 442 g/mol. The number of aliphatic hydroxyl groups excluding tert-OH is 2. The van der Waals surface area contributed by atoms with Crippen molar-refractivity contribution in [1.29, 1.82) is 0 Å². The summed E-state index contributed by atoms with van der Waals surface area (Å²) in [5.41, 5.74) is 2.34. The van der Waals surface area contributed by atoms with E-state index in [1.165, 1.54) is 23.3 Å². The molecule has 33 heavy (non-hydrogen) atoms. The quantitative estimate of drug-likeness (QED) is 0.380. The van der Waals surface area contributed by atoms with Crippen LogP contribution >= 0.6 is 11.3 Å². The van der Waals surface area contributed by atoms with Crippen LogP contribution in [0.15, 0.2) is 60.0 Å². The number of likely N-dealkylation sites (N-methyl/N-ethyl adjacent to an activating group) is 1. The van der Waals surface area contributed by atoms with Crippen LogP contribution in [0.4, 0.5) is 0 Å². The Hall–Kier alpha value is -3.27. The second kappa shape index (κ2) is 11.0. The monoisotopic (exact) mass is 469 g/mol. The molecule has 2 aromatic carbocycles. The number of benzene rings is 2. The summed E-state index contributed by atoms with van der Waals surface area (Å²) in [6, 6.07) is 15.9. The molecule has 0 fully saturated rings. The van der Waals surface area contributed by atoms with Crippen molar-refractivity contribution in [2.24, 2.45) is 0 Å². The van der Waals surface area contributed by atoms with Crippen LogP contribution in [0, 0.1) is 0 Å². The minimum atomic E-state index is -1.91. The van der Waals surface area contributed by atoms with Gasteiger partial charge in [0, 0.05) is 18.8 Å². The van der Waals surface area contributed by atoms with E-state index in [4.69, 9.17) is 0 Å². The average Bonchev–Trinajstić information content (AvgIpc) is 3.29. The van der Waals surface area contributed by atoms with E-state index in [1.807, 2.05) is 41.8 Å². The lowest BCUT2D eigenvalue weighted by molar-refractivity contribution is -0.153. The number of rotatable bonds is 9. The third kappa shape index (κ3) is 6.16. The molecule has 0 aliphatic heterocycles. The molecule has 3 rings (SSSR count). The van der Waals surface area contributed by atoms with E-state index in [9.17, 15) is 24.9 Å². The first-order valence-electron chi connectivity index (χ1n) is 10.4. The van der Waals surface area contributed by atoms with Crippen LogP contribution < -0.4 is 5.32 Å². The molecule has 0 radical (unpaired) electrons. The Morgan fingerprint density at radius 3 is 2.42 bits per heavy atom. The van der Waals surface area contributed by atoms with Gasteiger partial charge in [-0.15, -0.1) is 11.3 Å². The number of aliphatic hydroxyl groups is 2. The van der Waals surface area contributed by atoms with Crippen LogP contribution in [0.2, 0.25) is 0 Å². The maximum Gasteiger partial charge on any atom is 0.254 e. The van der Waals surface area contributed by atoms with Gasteiger partial charge in [-0.2, -0.15) is 0 Å². The molecule has 8 nitrogen and oxygen atoms in total. The minimum Gasteiger partial charge on any atom is -0.508 e. The van der Waals surface area contributed by atoms with Crippen molar-refractivity contribution in [3.05, 3.63) is 81.8 Å². The highest BCUT2D eigenvalue weighted by Crippen LogP contribution is 2.21. The van der Waals surface area contributed by atoms with Gasteiger partial charge in [-0.25, -0.2) is 4.98 Å². The topological polar surface area (TPSA) is 123 Å². The fourth-order valence-electron chi connectivity index (χ4n) is 3.27. The zero-order chi connectivity index (χ0) is 24.0. The Bertz CT molecular complexity index is 1090. The zero-order valence-corrected chi connectivity index (χ0v) is 19.2. The lowest BCUT2D eigenvalue weighted by atomic mass is 10.1. The summed E-state index contributed by atoms with van der Waals surface area (Å²) >= 11 is 1.32. The summed E-state index contributed by atoms with van der Waals surface area (Å²) < 4.78 is 0. The van der Waals surface area contributed by atoms with Crippen molar-refractivity contribution in [3.8, 4) is 5.75 Å². The summed E-state index contributed by atoms with van der Waals surface area (Å²) in [6.07, 6.45) is -3.36. The highest BCUT2D eigenvalue weighted by atomic mass is 32.1. The van der Waals surface area contributed by atoms with Crippen LogP contribution in [0.1, 0.15) is 34.8 Å². The van der Waals surface area contributed by atoms with Gasteiger partial charge < -0.3 is 25.5 Å². The first kappa shape index (κ1) is 24.4. The molecular formula is C24H27N3O5S. The molecule has 0 saturated carbocycles. The molecule has 4 N–H and O–H groups in total. The van der Waals surface area contributed by atoms with Crippen molar-refractivity contribution in [2.45, 2.75) is 38.1 Å². The molecule has 0 unspecified atom stereocenters. The number of amides is 2. The summed E-state index contributed by atoms with van der Waals surface area (Å²) in [5.74, 6) is -1.43. The highest BCUT2D eigenvalue weighted by molar-refractivity contribution is 7.09. The molecule has 0 aliphatic rings. The number of hydrogen-bond acceptors (Lipinski definition) is 7. The Morgan fingerprint density at radius 2 is 1.73 bits per heavy atom. The highest BCUT2D eigenvalue weighted by Gasteiger charge is 2.33. The number of hydrogen-bond donors (Lipinski definition) is 4. The normalized spacial score (nSPS) is 13.7. The average molecular weight is 470 g/mol. The largest absolute Gasteiger partial charge is 0.508 e. The maximum absolute atomic E-state index is 12.6. The van der Waals surface area contributed by atoms with Crippen molar-refractivity contribution >= 4 is 23.2 Å². The maximum atomic E-state index is 12.6. The first-order chi connectivity index (χ1) is 15.8. The van der Waals surface area contributed by atoms with Crippen molar-refractivity contribution in [1.82, 2.24) is 15.2 Å². The second-order valence-corrected chi connectivity index (χ2v) is 8.62. The number of thiazole rings is 1. The van der Waals surface area contributed by atoms with E-state index < -0.39 is 24.0 Å². The van der Waals surface area contributed by atoms with Crippen molar-refractivity contribution < 1.29 is 24.9 Å². The number of aromatic hydroxyl groups is 1. The molecule has 3 atom stereocenters. The molecule has 174 valence electrons. The molecule has 1 aromatic heterocycles. The number of nitrogens with one attached hydrogen (secondary N) is 1. The lowest BCUT2D eigenvalue weighted by Crippen LogP contribution is -2.50. The van der Waals surface area contributed by atoms with E-state index in [-0.39, 0.29) is 18.3 Å². The Labute approximate surface area is 196 Å². The van der Waals surface area contributed by atoms with E-state index in [2.05, 4.69) is 10.3 Å². The van der Waals surface area contributed by atoms with E-state index in [1.54, 1.807) is 25.1 Å². The molecule has 0 saturated heterocycles. The number of aromatic nitrogens is 1. The Morgan fingerprint density at radius 1 is 1.06 bits per heavy atom. The summed E-state index contributed by atoms with van der Waals surface area (Å²) in [5, 5.41) is 35.3. The van der Waals surface area contributed by atoms with Gasteiger partial charge in [-0.1, -0.05) is 48.5 Å². The number of carbonyl (C=O) groups is 2. The first-order valence-corrected chi connectivity index (χ1v) is 11.3. The molecule has 2 amide bonds. The van der Waals surface area contributed by atoms with Crippen molar-refractivity contribution in [3.63, 3.8) is 0 Å². The molecule has 9 heteroatoms. The predicted octanol–water partition coefficient (Wildman–Crippen LogP) is 2.00. The van der Waals surface area contributed by atoms with Crippen LogP contribution in [0.25, 0.3) is 0 Å². The SMILES string of the molecule is C[C@@H](c1ccccc1)N(C)C(=O)[C@H](O)[C@@H](O)C(=O)NCc1nc(Cc2ccccc2O)cs1. The summed E-state index contributed by atoms with van der Waals surface area (Å²) in [7, 11) is 1.51. The number of carbonyl (C=O) groups excluding carboxylic acids is 2. The van der Waals surface area contributed by atoms with E-state index in [0.29, 0.717) is 11.4 Å². The van der Waals surface area contributed by atoms with Gasteiger partial charge in [0.15, 0.2) is 12.2 Å². The number of nitrogens with zero attached hydrogens (tertiary/aromatic N) is 2. The van der Waals surface area contributed by atoms with Gasteiger partial charge in [-0.05, 0) is 24.1 Å². The lowest BCUT2D eigenvalue weighted by Gasteiger charge is -2.28. The standard InChI is InChI=1S/C24H27N3O5S/c1-15(16-8-4-3-5-9-16)27(2)24(32)22(30)21(29)23(31)25-13-20-26-18(14-33-20)12-17-10-6-7-11-19(17)28/h3-11,14-15,21-22,28-30H,12-13H2,1-2H3,(H,25,31)/t15-,21+,22+/m0/s1. The molecule has 0 spiro atoms. The summed E-state index contributed by atoms with van der Waals surface area (Å²) in [6.45, 7) is 1.83. The van der Waals surface area contributed by atoms with Crippen LogP contribution in [-0.2, 0) is 22.6 Å². The fraction of sp³-hybridized carbons (Fsp3) is 0.292. The minimum absolute atomic E-state index is 0.0402. The molecule has 3 aromatic rings. The van der Waals surface area contributed by atoms with Gasteiger partial charge in [0.25, 0.3) is 11.8 Å². The van der Waals surface area contributed by atoms with Crippen LogP contribution in [-0.4, -0.2) is 56.3 Å². The third-order valence-corrected chi connectivity index (χ3v) is 6.31. The van der Waals surface area contributed by atoms with Crippen LogP contribution in [0.5, 0.6) is 5.75 Å². The molecule has 0 aliphatic carbocycles. The molecule has 1 heterocycles. The Balaban J connectivity index is 1.53. The number of phenols is 1. The number of phenolic OH excluding ortho intramolecular Hbond substituents is 1. The summed E-state index contributed by atoms with van der Waals surface area (Å²) in [4.78, 5) is 30.6. The predicted molar refractivity (Wildman–Crippen MR) is 125 cm³/mol. The second-order valence-electron chi connectivity index (χ2n) is 7.68. The van der Waals surface area contributed by atoms with Gasteiger partial charge >= 0.3 is 0 Å². The van der Waals surface area contributed by atoms with E-state index >= 15 is 0 Å². The smallest absolute Gasteiger partial charge is 0.254 e. The van der Waals surface area contributed by atoms with Crippen molar-refractivity contribution in [2.75, 3.05) is 7.05 Å². The number of para-hydroxylation sites is 1. The van der Waals surface area contributed by atoms with E-state index in [0.717, 1.165) is 16.8 Å². The Kier molecular flexibility index (Phi) is 8.16.